The molecule has 0 aromatic heterocycles. The van der Waals surface area contributed by atoms with E-state index in [-0.39, 0.29) is 5.41 Å². The summed E-state index contributed by atoms with van der Waals surface area (Å²) in [5.74, 6) is 3.08. The number of hydrogen-bond donors (Lipinski definition) is 0. The van der Waals surface area contributed by atoms with Crippen LogP contribution in [0, 0.1) is 34.5 Å². The van der Waals surface area contributed by atoms with E-state index < -0.39 is 0 Å². The van der Waals surface area contributed by atoms with Crippen molar-refractivity contribution < 1.29 is 9.59 Å². The quantitative estimate of drug-likeness (QED) is 0.540. The maximum absolute atomic E-state index is 11.8. The van der Waals surface area contributed by atoms with Gasteiger partial charge in [-0.2, -0.15) is 0 Å². The van der Waals surface area contributed by atoms with Crippen molar-refractivity contribution >= 4 is 12.1 Å². The molecule has 4 aliphatic carbocycles. The summed E-state index contributed by atoms with van der Waals surface area (Å²) in [6.45, 7) is 2.46. The van der Waals surface area contributed by atoms with Crippen molar-refractivity contribution in [2.45, 2.75) is 58.3 Å². The predicted octanol–water partition coefficient (Wildman–Crippen LogP) is 3.94. The number of hydrogen-bond acceptors (Lipinski definition) is 2. The van der Waals surface area contributed by atoms with Crippen LogP contribution in [0.1, 0.15) is 58.3 Å². The number of allylic oxidation sites excluding steroid dienone is 2. The summed E-state index contributed by atoms with van der Waals surface area (Å²) in [5.41, 5.74) is 0.212. The Labute approximate surface area is 127 Å². The van der Waals surface area contributed by atoms with Crippen LogP contribution < -0.4 is 0 Å². The first-order valence-corrected chi connectivity index (χ1v) is 8.75. The van der Waals surface area contributed by atoms with E-state index in [0.29, 0.717) is 29.0 Å². The van der Waals surface area contributed by atoms with Crippen LogP contribution in [-0.2, 0) is 9.59 Å². The van der Waals surface area contributed by atoms with Crippen molar-refractivity contribution in [3.63, 3.8) is 0 Å². The Kier molecular flexibility index (Phi) is 2.96. The third kappa shape index (κ3) is 1.77. The molecule has 0 bridgehead atoms. The van der Waals surface area contributed by atoms with E-state index in [0.717, 1.165) is 38.0 Å². The summed E-state index contributed by atoms with van der Waals surface area (Å²) in [4.78, 5) is 23.6. The first-order valence-electron chi connectivity index (χ1n) is 8.75. The van der Waals surface area contributed by atoms with Gasteiger partial charge in [-0.3, -0.25) is 4.79 Å². The Morgan fingerprint density at radius 1 is 1.19 bits per heavy atom. The number of carbonyl (C=O) groups is 2. The summed E-state index contributed by atoms with van der Waals surface area (Å²) < 4.78 is 0. The van der Waals surface area contributed by atoms with Crippen molar-refractivity contribution in [1.29, 1.82) is 0 Å². The van der Waals surface area contributed by atoms with Crippen LogP contribution in [0.2, 0.25) is 0 Å². The summed E-state index contributed by atoms with van der Waals surface area (Å²) in [5, 5.41) is 0. The summed E-state index contributed by atoms with van der Waals surface area (Å²) in [7, 11) is 0. The summed E-state index contributed by atoms with van der Waals surface area (Å²) in [6.07, 6.45) is 14.2. The Morgan fingerprint density at radius 3 is 2.86 bits per heavy atom. The smallest absolute Gasteiger partial charge is 0.133 e. The Bertz CT molecular complexity index is 508. The van der Waals surface area contributed by atoms with Crippen LogP contribution in [0.5, 0.6) is 0 Å². The fraction of sp³-hybridized carbons (Fsp3) is 0.789. The van der Waals surface area contributed by atoms with E-state index >= 15 is 0 Å². The van der Waals surface area contributed by atoms with Crippen molar-refractivity contribution in [1.82, 2.24) is 0 Å². The van der Waals surface area contributed by atoms with Gasteiger partial charge in [0, 0.05) is 18.3 Å². The second kappa shape index (κ2) is 4.54. The number of aldehydes is 1. The molecule has 2 nitrogen and oxygen atoms in total. The van der Waals surface area contributed by atoms with Crippen LogP contribution in [0.3, 0.4) is 0 Å². The average Bonchev–Trinajstić information content (AvgIpc) is 2.92. The molecular formula is C19H26O2. The van der Waals surface area contributed by atoms with E-state index in [9.17, 15) is 9.59 Å². The molecule has 0 radical (unpaired) electrons. The molecule has 2 heteroatoms. The van der Waals surface area contributed by atoms with Crippen molar-refractivity contribution in [2.24, 2.45) is 34.5 Å². The Balaban J connectivity index is 1.65. The van der Waals surface area contributed by atoms with Gasteiger partial charge in [0.1, 0.15) is 12.1 Å². The molecule has 0 amide bonds. The molecular weight excluding hydrogens is 260 g/mol. The van der Waals surface area contributed by atoms with Gasteiger partial charge >= 0.3 is 0 Å². The van der Waals surface area contributed by atoms with Crippen LogP contribution in [0.4, 0.5) is 0 Å². The predicted molar refractivity (Wildman–Crippen MR) is 81.6 cm³/mol. The molecule has 0 saturated heterocycles. The highest BCUT2D eigenvalue weighted by molar-refractivity contribution is 5.79. The van der Waals surface area contributed by atoms with Crippen LogP contribution >= 0.6 is 0 Å². The van der Waals surface area contributed by atoms with Gasteiger partial charge in [0.05, 0.1) is 0 Å². The molecule has 4 aliphatic rings. The zero-order chi connectivity index (χ0) is 14.7. The highest BCUT2D eigenvalue weighted by Crippen LogP contribution is 2.64. The van der Waals surface area contributed by atoms with Gasteiger partial charge in [-0.05, 0) is 67.6 Å². The Morgan fingerprint density at radius 2 is 2.05 bits per heavy atom. The molecule has 6 atom stereocenters. The lowest BCUT2D eigenvalue weighted by Gasteiger charge is -2.59. The number of carbonyl (C=O) groups excluding carboxylic acids is 2. The summed E-state index contributed by atoms with van der Waals surface area (Å²) in [6, 6.07) is 0. The molecule has 0 aromatic carbocycles. The zero-order valence-electron chi connectivity index (χ0n) is 13.0. The van der Waals surface area contributed by atoms with Gasteiger partial charge in [0.25, 0.3) is 0 Å². The van der Waals surface area contributed by atoms with E-state index in [1.807, 2.05) is 0 Å². The van der Waals surface area contributed by atoms with Gasteiger partial charge in [-0.25, -0.2) is 0 Å². The maximum Gasteiger partial charge on any atom is 0.133 e. The third-order valence-corrected chi connectivity index (χ3v) is 7.69. The zero-order valence-corrected chi connectivity index (χ0v) is 13.0. The fourth-order valence-corrected chi connectivity index (χ4v) is 6.46. The Hall–Kier alpha value is -0.920. The summed E-state index contributed by atoms with van der Waals surface area (Å²) >= 11 is 0. The standard InChI is InChI=1S/C19H26O2/c1-18-9-6-14(21)11-13(18)4-5-15-16(18)7-10-19(12-20)8-2-3-17(15)19/h2,8,12-13,15-17H,3-7,9-11H2,1H3/t13-,15+,16-,17-,18-,19-/m0/s1. The topological polar surface area (TPSA) is 34.1 Å². The highest BCUT2D eigenvalue weighted by atomic mass is 16.1. The second-order valence-corrected chi connectivity index (χ2v) is 8.31. The van der Waals surface area contributed by atoms with E-state index in [1.54, 1.807) is 0 Å². The lowest BCUT2D eigenvalue weighted by atomic mass is 9.45. The van der Waals surface area contributed by atoms with Gasteiger partial charge in [-0.1, -0.05) is 19.1 Å². The molecule has 0 aliphatic heterocycles. The van der Waals surface area contributed by atoms with E-state index in [1.165, 1.54) is 25.5 Å². The lowest BCUT2D eigenvalue weighted by Crippen LogP contribution is -2.53. The van der Waals surface area contributed by atoms with Crippen molar-refractivity contribution in [3.8, 4) is 0 Å². The van der Waals surface area contributed by atoms with E-state index in [4.69, 9.17) is 0 Å². The lowest BCUT2D eigenvalue weighted by molar-refractivity contribution is -0.140. The van der Waals surface area contributed by atoms with Crippen LogP contribution in [0.25, 0.3) is 0 Å². The minimum Gasteiger partial charge on any atom is -0.302 e. The molecule has 3 saturated carbocycles. The van der Waals surface area contributed by atoms with Crippen LogP contribution in [-0.4, -0.2) is 12.1 Å². The monoisotopic (exact) mass is 286 g/mol. The molecule has 4 rings (SSSR count). The van der Waals surface area contributed by atoms with Crippen LogP contribution in [0.15, 0.2) is 12.2 Å². The van der Waals surface area contributed by atoms with Gasteiger partial charge in [0.2, 0.25) is 0 Å². The molecule has 0 spiro atoms. The number of Topliss-reactive ketones (excluding diaryl/α,β-unsaturated/α-hetero) is 1. The third-order valence-electron chi connectivity index (χ3n) is 7.69. The highest BCUT2D eigenvalue weighted by Gasteiger charge is 2.58. The first kappa shape index (κ1) is 13.7. The SMILES string of the molecule is C[C@]12CCC(=O)C[C@@H]1CC[C@H]1[C@@H]3CC=C[C@@]3(C=O)CC[C@@H]12. The number of rotatable bonds is 1. The van der Waals surface area contributed by atoms with Gasteiger partial charge in [-0.15, -0.1) is 0 Å². The molecule has 114 valence electrons. The fourth-order valence-electron chi connectivity index (χ4n) is 6.46. The molecule has 0 N–H and O–H groups in total. The number of ketones is 1. The molecule has 0 aromatic rings. The van der Waals surface area contributed by atoms with Crippen molar-refractivity contribution in [3.05, 3.63) is 12.2 Å². The molecule has 21 heavy (non-hydrogen) atoms. The second-order valence-electron chi connectivity index (χ2n) is 8.31. The number of fused-ring (bicyclic) bond motifs is 5. The van der Waals surface area contributed by atoms with Crippen molar-refractivity contribution in [2.75, 3.05) is 0 Å². The largest absolute Gasteiger partial charge is 0.302 e. The maximum atomic E-state index is 11.8. The average molecular weight is 286 g/mol. The molecule has 0 unspecified atom stereocenters. The molecule has 0 heterocycles. The molecule has 3 fully saturated rings. The first-order chi connectivity index (χ1) is 10.1. The minimum absolute atomic E-state index is 0.144. The minimum atomic E-state index is -0.144. The van der Waals surface area contributed by atoms with Gasteiger partial charge < -0.3 is 4.79 Å². The normalized spacial score (nSPS) is 52.0. The van der Waals surface area contributed by atoms with E-state index in [2.05, 4.69) is 19.1 Å². The van der Waals surface area contributed by atoms with Gasteiger partial charge in [0.15, 0.2) is 0 Å².